The predicted molar refractivity (Wildman–Crippen MR) is 117 cm³/mol. The van der Waals surface area contributed by atoms with Gasteiger partial charge in [0.2, 0.25) is 0 Å². The van der Waals surface area contributed by atoms with Crippen LogP contribution >= 0.6 is 11.6 Å². The molecule has 1 heterocycles. The van der Waals surface area contributed by atoms with Crippen molar-refractivity contribution in [3.63, 3.8) is 0 Å². The van der Waals surface area contributed by atoms with Crippen molar-refractivity contribution in [2.75, 3.05) is 14.1 Å². The molecule has 0 radical (unpaired) electrons. The maximum atomic E-state index is 10.0. The molecule has 0 unspecified atom stereocenters. The molecule has 0 amide bonds. The summed E-state index contributed by atoms with van der Waals surface area (Å²) < 4.78 is 2.29. The zero-order valence-electron chi connectivity index (χ0n) is 16.5. The van der Waals surface area contributed by atoms with Gasteiger partial charge in [0.1, 0.15) is 11.8 Å². The summed E-state index contributed by atoms with van der Waals surface area (Å²) in [6.45, 7) is 3.89. The number of hydrogen-bond donors (Lipinski definition) is 1. The van der Waals surface area contributed by atoms with E-state index in [4.69, 9.17) is 11.6 Å². The lowest BCUT2D eigenvalue weighted by Crippen LogP contribution is -2.33. The Hall–Kier alpha value is -2.58. The number of nitrogens with one attached hydrogen (secondary N) is 1. The topological polar surface area (TPSA) is 65.5 Å². The molecule has 1 N–H and O–H groups in total. The molecule has 1 saturated carbocycles. The van der Waals surface area contributed by atoms with Gasteiger partial charge in [0.15, 0.2) is 5.84 Å². The lowest BCUT2D eigenvalue weighted by atomic mass is 9.95. The second kappa shape index (κ2) is 9.07. The zero-order chi connectivity index (χ0) is 20.1. The standard InChI is InChI=1S/C22H26ClN5/c1-15(25-2)14-27-22(26-3)21-19(13-24)18-11-9-16(23)10-12-20(18)28(21)17-7-5-4-6-8-17/h9,11-12,14,17,25H,1,4-8,10H2,2-3H3. The molecule has 0 saturated heterocycles. The molecule has 5 nitrogen and oxygen atoms in total. The molecule has 1 fully saturated rings. The van der Waals surface area contributed by atoms with Crippen LogP contribution in [0, 0.1) is 11.3 Å². The van der Waals surface area contributed by atoms with E-state index in [1.807, 2.05) is 12.2 Å². The van der Waals surface area contributed by atoms with Crippen LogP contribution in [-0.2, 0) is 0 Å². The van der Waals surface area contributed by atoms with E-state index in [2.05, 4.69) is 38.6 Å². The highest BCUT2D eigenvalue weighted by Gasteiger charge is 2.26. The Kier molecular flexibility index (Phi) is 6.53. The molecule has 2 aliphatic carbocycles. The van der Waals surface area contributed by atoms with Gasteiger partial charge in [-0.1, -0.05) is 49.6 Å². The van der Waals surface area contributed by atoms with Crippen LogP contribution in [0.2, 0.25) is 0 Å². The van der Waals surface area contributed by atoms with Crippen molar-refractivity contribution in [1.82, 2.24) is 9.88 Å². The first-order valence-electron chi connectivity index (χ1n) is 9.69. The Balaban J connectivity index is 2.29. The van der Waals surface area contributed by atoms with Crippen molar-refractivity contribution in [3.05, 3.63) is 45.2 Å². The first-order chi connectivity index (χ1) is 13.6. The van der Waals surface area contributed by atoms with E-state index in [1.165, 1.54) is 19.3 Å². The fourth-order valence-electron chi connectivity index (χ4n) is 3.92. The summed E-state index contributed by atoms with van der Waals surface area (Å²) >= 11 is 6.27. The average Bonchev–Trinajstić information content (AvgIpc) is 2.92. The molecule has 0 bridgehead atoms. The average molecular weight is 396 g/mol. The minimum absolute atomic E-state index is 0.334. The van der Waals surface area contributed by atoms with Gasteiger partial charge in [-0.3, -0.25) is 4.99 Å². The van der Waals surface area contributed by atoms with Crippen LogP contribution in [0.1, 0.15) is 55.8 Å². The number of allylic oxidation sites excluding steroid dienone is 3. The molecular weight excluding hydrogens is 370 g/mol. The number of nitriles is 1. The minimum atomic E-state index is 0.334. The molecule has 0 spiro atoms. The summed E-state index contributed by atoms with van der Waals surface area (Å²) in [6.07, 6.45) is 14.1. The van der Waals surface area contributed by atoms with E-state index >= 15 is 0 Å². The van der Waals surface area contributed by atoms with Gasteiger partial charge in [0.25, 0.3) is 0 Å². The Bertz CT molecular complexity index is 1010. The summed E-state index contributed by atoms with van der Waals surface area (Å²) in [5, 5.41) is 15.7. The third-order valence-electron chi connectivity index (χ3n) is 5.34. The third kappa shape index (κ3) is 3.98. The lowest BCUT2D eigenvalue weighted by Gasteiger charge is -2.26. The molecule has 1 aromatic heterocycles. The molecule has 3 rings (SSSR count). The number of fused-ring (bicyclic) bond motifs is 1. The van der Waals surface area contributed by atoms with Crippen molar-refractivity contribution < 1.29 is 0 Å². The van der Waals surface area contributed by atoms with E-state index in [9.17, 15) is 5.26 Å². The minimum Gasteiger partial charge on any atom is -0.387 e. The highest BCUT2D eigenvalue weighted by molar-refractivity contribution is 6.30. The number of hydrogen-bond acceptors (Lipinski definition) is 3. The number of nitrogens with zero attached hydrogens (tertiary/aromatic N) is 4. The van der Waals surface area contributed by atoms with Gasteiger partial charge < -0.3 is 9.88 Å². The first-order valence-corrected chi connectivity index (χ1v) is 10.1. The van der Waals surface area contributed by atoms with E-state index in [0.29, 0.717) is 29.6 Å². The van der Waals surface area contributed by atoms with Crippen molar-refractivity contribution in [2.24, 2.45) is 9.98 Å². The summed E-state index contributed by atoms with van der Waals surface area (Å²) in [5.41, 5.74) is 2.08. The van der Waals surface area contributed by atoms with Gasteiger partial charge in [0, 0.05) is 47.9 Å². The van der Waals surface area contributed by atoms with E-state index in [-0.39, 0.29) is 0 Å². The Labute approximate surface area is 171 Å². The van der Waals surface area contributed by atoms with Crippen LogP contribution < -0.4 is 15.9 Å². The summed E-state index contributed by atoms with van der Waals surface area (Å²) in [5.74, 6) is 0.545. The maximum Gasteiger partial charge on any atom is 0.172 e. The van der Waals surface area contributed by atoms with Crippen molar-refractivity contribution in [1.29, 1.82) is 5.26 Å². The van der Waals surface area contributed by atoms with Crippen molar-refractivity contribution >= 4 is 35.8 Å². The lowest BCUT2D eigenvalue weighted by molar-refractivity contribution is 0.347. The van der Waals surface area contributed by atoms with E-state index < -0.39 is 0 Å². The number of aliphatic imine (C=N–C) groups is 2. The zero-order valence-corrected chi connectivity index (χ0v) is 17.3. The third-order valence-corrected chi connectivity index (χ3v) is 5.62. The van der Waals surface area contributed by atoms with Gasteiger partial charge >= 0.3 is 0 Å². The Morgan fingerprint density at radius 1 is 1.36 bits per heavy atom. The molecule has 28 heavy (non-hydrogen) atoms. The SMILES string of the molecule is C=C(C=NC(=NC)c1c(C#N)c2c(n1C1CCCCC1)=CCC(Cl)=CC=2)NC. The number of amidine groups is 1. The molecule has 0 aliphatic heterocycles. The number of aromatic nitrogens is 1. The van der Waals surface area contributed by atoms with Gasteiger partial charge in [0.05, 0.1) is 11.8 Å². The van der Waals surface area contributed by atoms with Gasteiger partial charge in [-0.25, -0.2) is 4.99 Å². The molecule has 0 atom stereocenters. The van der Waals surface area contributed by atoms with Gasteiger partial charge in [-0.2, -0.15) is 5.26 Å². The molecule has 2 aliphatic rings. The molecule has 1 aromatic rings. The second-order valence-corrected chi connectivity index (χ2v) is 7.55. The highest BCUT2D eigenvalue weighted by atomic mass is 35.5. The van der Waals surface area contributed by atoms with Crippen LogP contribution in [-0.4, -0.2) is 30.7 Å². The van der Waals surface area contributed by atoms with Crippen LogP contribution in [0.4, 0.5) is 0 Å². The number of rotatable bonds is 4. The predicted octanol–water partition coefficient (Wildman–Crippen LogP) is 3.13. The van der Waals surface area contributed by atoms with Crippen LogP contribution in [0.15, 0.2) is 33.4 Å². The van der Waals surface area contributed by atoms with Crippen molar-refractivity contribution in [2.45, 2.75) is 44.6 Å². The number of halogens is 1. The molecule has 6 heteroatoms. The maximum absolute atomic E-state index is 10.0. The van der Waals surface area contributed by atoms with E-state index in [1.54, 1.807) is 20.3 Å². The summed E-state index contributed by atoms with van der Waals surface area (Å²) in [7, 11) is 3.51. The quantitative estimate of drug-likeness (QED) is 0.628. The Morgan fingerprint density at radius 3 is 2.75 bits per heavy atom. The molecular formula is C22H26ClN5. The normalized spacial score (nSPS) is 17.8. The molecule has 0 aromatic carbocycles. The van der Waals surface area contributed by atoms with Crippen LogP contribution in [0.25, 0.3) is 12.2 Å². The van der Waals surface area contributed by atoms with E-state index in [0.717, 1.165) is 34.1 Å². The van der Waals surface area contributed by atoms with Gasteiger partial charge in [-0.05, 0) is 18.9 Å². The Morgan fingerprint density at radius 2 is 2.11 bits per heavy atom. The highest BCUT2D eigenvalue weighted by Crippen LogP contribution is 2.29. The fraction of sp³-hybridized carbons (Fsp3) is 0.409. The summed E-state index contributed by atoms with van der Waals surface area (Å²) in [6, 6.07) is 2.74. The fourth-order valence-corrected chi connectivity index (χ4v) is 4.06. The second-order valence-electron chi connectivity index (χ2n) is 7.07. The van der Waals surface area contributed by atoms with Gasteiger partial charge in [-0.15, -0.1) is 0 Å². The first kappa shape index (κ1) is 20.2. The van der Waals surface area contributed by atoms with Crippen molar-refractivity contribution in [3.8, 4) is 6.07 Å². The largest absolute Gasteiger partial charge is 0.387 e. The molecule has 146 valence electrons. The van der Waals surface area contributed by atoms with Crippen LogP contribution in [0.5, 0.6) is 0 Å². The smallest absolute Gasteiger partial charge is 0.172 e. The summed E-state index contributed by atoms with van der Waals surface area (Å²) in [4.78, 5) is 8.97. The van der Waals surface area contributed by atoms with Crippen LogP contribution in [0.3, 0.4) is 0 Å². The monoisotopic (exact) mass is 395 g/mol.